The van der Waals surface area contributed by atoms with Crippen LogP contribution in [0.4, 0.5) is 0 Å². The predicted octanol–water partition coefficient (Wildman–Crippen LogP) is 1.42. The number of likely N-dealkylation sites (tertiary alicyclic amines) is 1. The SMILES string of the molecule is CN=C(NCc1cc(OC)ccc1O)N1CCC(N2CC=CC2)C1. The summed E-state index contributed by atoms with van der Waals surface area (Å²) in [6.45, 7) is 4.63. The highest BCUT2D eigenvalue weighted by Gasteiger charge is 2.29. The number of hydrogen-bond acceptors (Lipinski definition) is 4. The normalized spacial score (nSPS) is 21.5. The first-order chi connectivity index (χ1) is 11.7. The molecule has 0 bridgehead atoms. The number of rotatable bonds is 4. The Morgan fingerprint density at radius 1 is 1.38 bits per heavy atom. The van der Waals surface area contributed by atoms with Crippen molar-refractivity contribution in [3.05, 3.63) is 35.9 Å². The Hall–Kier alpha value is -2.21. The van der Waals surface area contributed by atoms with Crippen molar-refractivity contribution in [1.82, 2.24) is 15.1 Å². The summed E-state index contributed by atoms with van der Waals surface area (Å²) in [5, 5.41) is 13.4. The van der Waals surface area contributed by atoms with E-state index in [0.717, 1.165) is 49.9 Å². The second kappa shape index (κ2) is 7.57. The second-order valence-corrected chi connectivity index (χ2v) is 6.21. The number of guanidine groups is 1. The highest BCUT2D eigenvalue weighted by atomic mass is 16.5. The number of benzene rings is 1. The van der Waals surface area contributed by atoms with E-state index in [1.165, 1.54) is 0 Å². The van der Waals surface area contributed by atoms with Crippen molar-refractivity contribution >= 4 is 5.96 Å². The van der Waals surface area contributed by atoms with Crippen molar-refractivity contribution in [2.45, 2.75) is 19.0 Å². The van der Waals surface area contributed by atoms with E-state index in [-0.39, 0.29) is 5.75 Å². The van der Waals surface area contributed by atoms with Gasteiger partial charge in [-0.2, -0.15) is 0 Å². The van der Waals surface area contributed by atoms with Gasteiger partial charge in [0.15, 0.2) is 5.96 Å². The molecule has 2 N–H and O–H groups in total. The van der Waals surface area contributed by atoms with Gasteiger partial charge in [0.1, 0.15) is 11.5 Å². The Labute approximate surface area is 143 Å². The number of aromatic hydroxyl groups is 1. The van der Waals surface area contributed by atoms with E-state index in [0.29, 0.717) is 12.6 Å². The molecular weight excluding hydrogens is 304 g/mol. The molecule has 1 unspecified atom stereocenters. The molecule has 0 aromatic heterocycles. The molecule has 0 aliphatic carbocycles. The van der Waals surface area contributed by atoms with Gasteiger partial charge in [-0.1, -0.05) is 12.2 Å². The predicted molar refractivity (Wildman–Crippen MR) is 95.5 cm³/mol. The van der Waals surface area contributed by atoms with Gasteiger partial charge >= 0.3 is 0 Å². The Morgan fingerprint density at radius 3 is 2.88 bits per heavy atom. The van der Waals surface area contributed by atoms with Gasteiger partial charge in [-0.3, -0.25) is 9.89 Å². The lowest BCUT2D eigenvalue weighted by Crippen LogP contribution is -2.42. The fraction of sp³-hybridized carbons (Fsp3) is 0.500. The van der Waals surface area contributed by atoms with Gasteiger partial charge in [0, 0.05) is 51.4 Å². The zero-order chi connectivity index (χ0) is 16.9. The molecule has 2 heterocycles. The van der Waals surface area contributed by atoms with Crippen LogP contribution in [0.5, 0.6) is 11.5 Å². The number of phenols is 1. The van der Waals surface area contributed by atoms with Gasteiger partial charge in [0.25, 0.3) is 0 Å². The van der Waals surface area contributed by atoms with Crippen molar-refractivity contribution in [3.8, 4) is 11.5 Å². The fourth-order valence-corrected chi connectivity index (χ4v) is 3.36. The van der Waals surface area contributed by atoms with Crippen LogP contribution in [0.2, 0.25) is 0 Å². The zero-order valence-electron chi connectivity index (χ0n) is 14.4. The van der Waals surface area contributed by atoms with Crippen LogP contribution < -0.4 is 10.1 Å². The summed E-state index contributed by atoms with van der Waals surface area (Å²) in [5.41, 5.74) is 0.801. The molecule has 1 fully saturated rings. The minimum absolute atomic E-state index is 0.265. The summed E-state index contributed by atoms with van der Waals surface area (Å²) in [4.78, 5) is 9.20. The first-order valence-corrected chi connectivity index (χ1v) is 8.41. The molecule has 1 atom stereocenters. The minimum Gasteiger partial charge on any atom is -0.508 e. The molecule has 2 aliphatic heterocycles. The summed E-state index contributed by atoms with van der Waals surface area (Å²) in [6, 6.07) is 5.84. The molecule has 0 amide bonds. The molecule has 6 nitrogen and oxygen atoms in total. The quantitative estimate of drug-likeness (QED) is 0.497. The molecule has 24 heavy (non-hydrogen) atoms. The van der Waals surface area contributed by atoms with Crippen LogP contribution in [0.15, 0.2) is 35.3 Å². The van der Waals surface area contributed by atoms with Crippen LogP contribution in [0.25, 0.3) is 0 Å². The van der Waals surface area contributed by atoms with E-state index in [9.17, 15) is 5.11 Å². The molecule has 0 saturated carbocycles. The number of aliphatic imine (C=N–C) groups is 1. The number of nitrogens with zero attached hydrogens (tertiary/aromatic N) is 3. The molecule has 2 aliphatic rings. The first-order valence-electron chi connectivity index (χ1n) is 8.41. The minimum atomic E-state index is 0.265. The number of phenolic OH excluding ortho intramolecular Hbond substituents is 1. The molecular formula is C18H26N4O2. The third-order valence-corrected chi connectivity index (χ3v) is 4.76. The maximum Gasteiger partial charge on any atom is 0.193 e. The van der Waals surface area contributed by atoms with E-state index in [1.54, 1.807) is 26.3 Å². The zero-order valence-corrected chi connectivity index (χ0v) is 14.4. The van der Waals surface area contributed by atoms with Crippen LogP contribution in [0, 0.1) is 0 Å². The fourth-order valence-electron chi connectivity index (χ4n) is 3.36. The van der Waals surface area contributed by atoms with Crippen LogP contribution in [0.1, 0.15) is 12.0 Å². The molecule has 1 aromatic carbocycles. The molecule has 3 rings (SSSR count). The van der Waals surface area contributed by atoms with Gasteiger partial charge < -0.3 is 20.1 Å². The number of ether oxygens (including phenoxy) is 1. The lowest BCUT2D eigenvalue weighted by molar-refractivity contribution is 0.259. The smallest absolute Gasteiger partial charge is 0.193 e. The maximum absolute atomic E-state index is 10.0. The van der Waals surface area contributed by atoms with Crippen molar-refractivity contribution in [3.63, 3.8) is 0 Å². The molecule has 1 saturated heterocycles. The summed E-state index contributed by atoms with van der Waals surface area (Å²) >= 11 is 0. The van der Waals surface area contributed by atoms with Gasteiger partial charge in [-0.05, 0) is 24.6 Å². The highest BCUT2D eigenvalue weighted by molar-refractivity contribution is 5.80. The summed E-state index contributed by atoms with van der Waals surface area (Å²) < 4.78 is 5.22. The van der Waals surface area contributed by atoms with Crippen molar-refractivity contribution in [2.24, 2.45) is 4.99 Å². The summed E-state index contributed by atoms with van der Waals surface area (Å²) in [5.74, 6) is 1.88. The molecule has 1 aromatic rings. The topological polar surface area (TPSA) is 60.3 Å². The number of hydrogen-bond donors (Lipinski definition) is 2. The molecule has 0 spiro atoms. The Balaban J connectivity index is 1.58. The van der Waals surface area contributed by atoms with Crippen molar-refractivity contribution in [2.75, 3.05) is 40.3 Å². The number of nitrogens with one attached hydrogen (secondary N) is 1. The maximum atomic E-state index is 10.0. The van der Waals surface area contributed by atoms with E-state index >= 15 is 0 Å². The van der Waals surface area contributed by atoms with Gasteiger partial charge in [-0.25, -0.2) is 0 Å². The van der Waals surface area contributed by atoms with E-state index in [2.05, 4.69) is 32.3 Å². The van der Waals surface area contributed by atoms with Crippen LogP contribution in [-0.2, 0) is 6.54 Å². The van der Waals surface area contributed by atoms with Gasteiger partial charge in [0.05, 0.1) is 7.11 Å². The molecule has 6 heteroatoms. The Kier molecular flexibility index (Phi) is 5.25. The van der Waals surface area contributed by atoms with Crippen molar-refractivity contribution in [1.29, 1.82) is 0 Å². The van der Waals surface area contributed by atoms with Crippen LogP contribution in [0.3, 0.4) is 0 Å². The average Bonchev–Trinajstić information content (AvgIpc) is 3.28. The Morgan fingerprint density at radius 2 is 2.17 bits per heavy atom. The molecule has 0 radical (unpaired) electrons. The van der Waals surface area contributed by atoms with Crippen LogP contribution >= 0.6 is 0 Å². The molecule has 130 valence electrons. The Bertz CT molecular complexity index is 621. The lowest BCUT2D eigenvalue weighted by Gasteiger charge is -2.25. The van der Waals surface area contributed by atoms with Gasteiger partial charge in [-0.15, -0.1) is 0 Å². The monoisotopic (exact) mass is 330 g/mol. The number of methoxy groups -OCH3 is 1. The highest BCUT2D eigenvalue weighted by Crippen LogP contribution is 2.23. The average molecular weight is 330 g/mol. The standard InChI is InChI=1S/C18H26N4O2/c1-19-18(20-12-14-11-16(24-2)5-6-17(14)23)22-10-7-15(13-22)21-8-3-4-9-21/h3-6,11,15,23H,7-10,12-13H2,1-2H3,(H,19,20). The summed E-state index contributed by atoms with van der Waals surface area (Å²) in [7, 11) is 3.43. The van der Waals surface area contributed by atoms with Crippen LogP contribution in [-0.4, -0.2) is 67.2 Å². The largest absolute Gasteiger partial charge is 0.508 e. The second-order valence-electron chi connectivity index (χ2n) is 6.21. The third kappa shape index (κ3) is 3.64. The van der Waals surface area contributed by atoms with Crippen molar-refractivity contribution < 1.29 is 9.84 Å². The first kappa shape index (κ1) is 16.6. The lowest BCUT2D eigenvalue weighted by atomic mass is 10.2. The van der Waals surface area contributed by atoms with E-state index < -0.39 is 0 Å². The summed E-state index contributed by atoms with van der Waals surface area (Å²) in [6.07, 6.45) is 5.63. The third-order valence-electron chi connectivity index (χ3n) is 4.76. The van der Waals surface area contributed by atoms with E-state index in [1.807, 2.05) is 6.07 Å². The van der Waals surface area contributed by atoms with Gasteiger partial charge in [0.2, 0.25) is 0 Å². The van der Waals surface area contributed by atoms with E-state index in [4.69, 9.17) is 4.74 Å².